The Morgan fingerprint density at radius 3 is 2.93 bits per heavy atom. The summed E-state index contributed by atoms with van der Waals surface area (Å²) in [6.07, 6.45) is 5.56. The highest BCUT2D eigenvalue weighted by Crippen LogP contribution is 2.23. The molecule has 0 bridgehead atoms. The summed E-state index contributed by atoms with van der Waals surface area (Å²) in [5.41, 5.74) is 2.32. The van der Waals surface area contributed by atoms with Gasteiger partial charge in [-0.2, -0.15) is 0 Å². The predicted molar refractivity (Wildman–Crippen MR) is 56.4 cm³/mol. The second kappa shape index (κ2) is 3.96. The minimum Gasteiger partial charge on any atom is -0.329 e. The number of hydrogen-bond donors (Lipinski definition) is 2. The summed E-state index contributed by atoms with van der Waals surface area (Å²) in [5.74, 6) is 0. The second-order valence-corrected chi connectivity index (χ2v) is 3.94. The maximum absolute atomic E-state index is 11.0. The Balaban J connectivity index is 2.26. The predicted octanol–water partition coefficient (Wildman–Crippen LogP) is 1.50. The zero-order valence-electron chi connectivity index (χ0n) is 8.47. The zero-order valence-corrected chi connectivity index (χ0v) is 8.47. The average molecular weight is 192 g/mol. The van der Waals surface area contributed by atoms with E-state index in [-0.39, 0.29) is 5.56 Å². The van der Waals surface area contributed by atoms with Gasteiger partial charge in [0.25, 0.3) is 0 Å². The van der Waals surface area contributed by atoms with E-state index in [1.54, 1.807) is 6.07 Å². The van der Waals surface area contributed by atoms with E-state index in [0.29, 0.717) is 6.04 Å². The first-order valence-corrected chi connectivity index (χ1v) is 5.20. The molecule has 3 heteroatoms. The van der Waals surface area contributed by atoms with Gasteiger partial charge in [0.1, 0.15) is 0 Å². The van der Waals surface area contributed by atoms with Crippen molar-refractivity contribution in [2.75, 3.05) is 6.54 Å². The lowest BCUT2D eigenvalue weighted by atomic mass is 9.96. The lowest BCUT2D eigenvalue weighted by molar-refractivity contribution is 0.410. The monoisotopic (exact) mass is 192 g/mol. The maximum atomic E-state index is 11.0. The van der Waals surface area contributed by atoms with Crippen LogP contribution in [0.4, 0.5) is 0 Å². The summed E-state index contributed by atoms with van der Waals surface area (Å²) in [7, 11) is 0. The molecular weight excluding hydrogens is 176 g/mol. The molecule has 2 N–H and O–H groups in total. The van der Waals surface area contributed by atoms with Crippen molar-refractivity contribution in [3.05, 3.63) is 33.7 Å². The van der Waals surface area contributed by atoms with Crippen molar-refractivity contribution in [2.24, 2.45) is 0 Å². The van der Waals surface area contributed by atoms with Crippen LogP contribution in [0.2, 0.25) is 0 Å². The number of piperidine rings is 1. The van der Waals surface area contributed by atoms with Crippen LogP contribution in [-0.2, 0) is 0 Å². The Kier molecular flexibility index (Phi) is 2.68. The van der Waals surface area contributed by atoms with E-state index in [0.717, 1.165) is 12.1 Å². The van der Waals surface area contributed by atoms with Crippen molar-refractivity contribution in [3.63, 3.8) is 0 Å². The summed E-state index contributed by atoms with van der Waals surface area (Å²) in [5, 5.41) is 3.47. The van der Waals surface area contributed by atoms with Crippen LogP contribution < -0.4 is 10.9 Å². The van der Waals surface area contributed by atoms with Crippen LogP contribution in [0.1, 0.15) is 36.4 Å². The first-order valence-electron chi connectivity index (χ1n) is 5.20. The molecule has 0 spiro atoms. The fourth-order valence-electron chi connectivity index (χ4n) is 2.08. The van der Waals surface area contributed by atoms with E-state index in [1.807, 2.05) is 13.1 Å². The first kappa shape index (κ1) is 9.46. The molecule has 1 aromatic heterocycles. The number of aryl methyl sites for hydroxylation is 1. The number of H-pyrrole nitrogens is 1. The molecule has 0 amide bonds. The first-order chi connectivity index (χ1) is 6.77. The van der Waals surface area contributed by atoms with Crippen molar-refractivity contribution in [3.8, 4) is 0 Å². The van der Waals surface area contributed by atoms with Gasteiger partial charge in [0.05, 0.1) is 0 Å². The highest BCUT2D eigenvalue weighted by Gasteiger charge is 2.16. The minimum absolute atomic E-state index is 0.0120. The molecule has 0 aromatic carbocycles. The normalized spacial score (nSPS) is 22.2. The molecule has 0 aliphatic carbocycles. The summed E-state index contributed by atoms with van der Waals surface area (Å²) < 4.78 is 0. The third kappa shape index (κ3) is 1.87. The van der Waals surface area contributed by atoms with Crippen LogP contribution in [-0.4, -0.2) is 11.5 Å². The van der Waals surface area contributed by atoms with Crippen LogP contribution in [0, 0.1) is 6.92 Å². The van der Waals surface area contributed by atoms with E-state index in [1.165, 1.54) is 24.8 Å². The largest absolute Gasteiger partial charge is 0.329 e. The van der Waals surface area contributed by atoms with Gasteiger partial charge in [-0.3, -0.25) is 4.79 Å². The third-order valence-corrected chi connectivity index (χ3v) is 2.86. The van der Waals surface area contributed by atoms with Crippen molar-refractivity contribution in [1.82, 2.24) is 10.3 Å². The SMILES string of the molecule is Cc1cc(=O)[nH]cc1C1CCCCN1. The molecule has 1 aliphatic rings. The summed E-state index contributed by atoms with van der Waals surface area (Å²) in [6.45, 7) is 3.09. The van der Waals surface area contributed by atoms with E-state index >= 15 is 0 Å². The summed E-state index contributed by atoms with van der Waals surface area (Å²) >= 11 is 0. The smallest absolute Gasteiger partial charge is 0.248 e. The maximum Gasteiger partial charge on any atom is 0.248 e. The molecule has 0 saturated carbocycles. The minimum atomic E-state index is -0.0120. The van der Waals surface area contributed by atoms with E-state index in [9.17, 15) is 4.79 Å². The van der Waals surface area contributed by atoms with Gasteiger partial charge in [-0.05, 0) is 37.4 Å². The highest BCUT2D eigenvalue weighted by molar-refractivity contribution is 5.25. The zero-order chi connectivity index (χ0) is 9.97. The number of aromatic amines is 1. The van der Waals surface area contributed by atoms with Gasteiger partial charge in [-0.25, -0.2) is 0 Å². The number of rotatable bonds is 1. The molecule has 1 unspecified atom stereocenters. The molecule has 1 aliphatic heterocycles. The lowest BCUT2D eigenvalue weighted by Gasteiger charge is -2.24. The van der Waals surface area contributed by atoms with Crippen LogP contribution in [0.5, 0.6) is 0 Å². The molecule has 0 radical (unpaired) electrons. The molecular formula is C11H16N2O. The van der Waals surface area contributed by atoms with Gasteiger partial charge in [-0.15, -0.1) is 0 Å². The van der Waals surface area contributed by atoms with Crippen LogP contribution in [0.15, 0.2) is 17.1 Å². The molecule has 3 nitrogen and oxygen atoms in total. The van der Waals surface area contributed by atoms with Gasteiger partial charge in [0.15, 0.2) is 0 Å². The van der Waals surface area contributed by atoms with E-state index in [4.69, 9.17) is 0 Å². The number of aromatic nitrogens is 1. The van der Waals surface area contributed by atoms with Crippen LogP contribution in [0.25, 0.3) is 0 Å². The van der Waals surface area contributed by atoms with Crippen molar-refractivity contribution >= 4 is 0 Å². The van der Waals surface area contributed by atoms with Crippen molar-refractivity contribution < 1.29 is 0 Å². The van der Waals surface area contributed by atoms with Gasteiger partial charge in [-0.1, -0.05) is 6.42 Å². The molecule has 1 saturated heterocycles. The molecule has 1 aromatic rings. The summed E-state index contributed by atoms with van der Waals surface area (Å²) in [4.78, 5) is 13.8. The topological polar surface area (TPSA) is 44.9 Å². The van der Waals surface area contributed by atoms with Gasteiger partial charge < -0.3 is 10.3 Å². The van der Waals surface area contributed by atoms with Gasteiger partial charge in [0, 0.05) is 18.3 Å². The molecule has 14 heavy (non-hydrogen) atoms. The number of pyridine rings is 1. The standard InChI is InChI=1S/C11H16N2O/c1-8-6-11(14)13-7-9(8)10-4-2-3-5-12-10/h6-7,10,12H,2-5H2,1H3,(H,13,14). The highest BCUT2D eigenvalue weighted by atomic mass is 16.1. The molecule has 2 heterocycles. The quantitative estimate of drug-likeness (QED) is 0.708. The second-order valence-electron chi connectivity index (χ2n) is 3.94. The van der Waals surface area contributed by atoms with E-state index < -0.39 is 0 Å². The molecule has 2 rings (SSSR count). The lowest BCUT2D eigenvalue weighted by Crippen LogP contribution is -2.28. The van der Waals surface area contributed by atoms with Crippen molar-refractivity contribution in [2.45, 2.75) is 32.2 Å². The molecule has 1 fully saturated rings. The van der Waals surface area contributed by atoms with Crippen LogP contribution in [0.3, 0.4) is 0 Å². The van der Waals surface area contributed by atoms with Crippen LogP contribution >= 0.6 is 0 Å². The Morgan fingerprint density at radius 2 is 2.29 bits per heavy atom. The number of nitrogens with one attached hydrogen (secondary N) is 2. The Hall–Kier alpha value is -1.09. The Bertz CT molecular complexity index is 364. The van der Waals surface area contributed by atoms with E-state index in [2.05, 4.69) is 10.3 Å². The summed E-state index contributed by atoms with van der Waals surface area (Å²) in [6, 6.07) is 2.10. The molecule has 76 valence electrons. The Labute approximate surface area is 83.5 Å². The van der Waals surface area contributed by atoms with Crippen molar-refractivity contribution in [1.29, 1.82) is 0 Å². The van der Waals surface area contributed by atoms with Gasteiger partial charge in [0.2, 0.25) is 5.56 Å². The average Bonchev–Trinajstić information content (AvgIpc) is 2.19. The fourth-order valence-corrected chi connectivity index (χ4v) is 2.08. The third-order valence-electron chi connectivity index (χ3n) is 2.86. The Morgan fingerprint density at radius 1 is 1.43 bits per heavy atom. The molecule has 1 atom stereocenters. The number of hydrogen-bond acceptors (Lipinski definition) is 2. The fraction of sp³-hybridized carbons (Fsp3) is 0.545. The van der Waals surface area contributed by atoms with Gasteiger partial charge >= 0.3 is 0 Å².